The van der Waals surface area contributed by atoms with Crippen molar-refractivity contribution < 1.29 is 19.1 Å². The van der Waals surface area contributed by atoms with Gasteiger partial charge in [-0.05, 0) is 25.1 Å². The van der Waals surface area contributed by atoms with E-state index in [0.29, 0.717) is 5.75 Å². The molecule has 0 bridgehead atoms. The molecule has 108 valence electrons. The van der Waals surface area contributed by atoms with Crippen molar-refractivity contribution in [2.24, 2.45) is 0 Å². The highest BCUT2D eigenvalue weighted by Crippen LogP contribution is 2.30. The van der Waals surface area contributed by atoms with E-state index in [-0.39, 0.29) is 16.1 Å². The molecule has 1 aliphatic heterocycles. The number of carbonyl (C=O) groups is 2. The van der Waals surface area contributed by atoms with E-state index >= 15 is 0 Å². The molecule has 1 fully saturated rings. The van der Waals surface area contributed by atoms with Crippen LogP contribution in [0.25, 0.3) is 0 Å². The van der Waals surface area contributed by atoms with Crippen LogP contribution in [0.2, 0.25) is 5.02 Å². The summed E-state index contributed by atoms with van der Waals surface area (Å²) in [4.78, 5) is 24.5. The average molecular weight is 319 g/mol. The summed E-state index contributed by atoms with van der Waals surface area (Å²) in [6.07, 6.45) is 0. The van der Waals surface area contributed by atoms with Crippen molar-refractivity contribution >= 4 is 41.1 Å². The molecule has 2 N–H and O–H groups in total. The summed E-state index contributed by atoms with van der Waals surface area (Å²) in [5.74, 6) is -1.23. The molecule has 0 saturated carbocycles. The Labute approximate surface area is 124 Å². The van der Waals surface area contributed by atoms with Crippen LogP contribution >= 0.6 is 23.4 Å². The Morgan fingerprint density at radius 1 is 1.55 bits per heavy atom. The van der Waals surface area contributed by atoms with E-state index in [0.717, 1.165) is 6.07 Å². The lowest BCUT2D eigenvalue weighted by Crippen LogP contribution is -2.46. The van der Waals surface area contributed by atoms with Crippen LogP contribution in [-0.4, -0.2) is 39.2 Å². The molecule has 0 aromatic heterocycles. The SMILES string of the molecule is CC1SCC(C(=O)O)N1C(=O)Nc1ccc(F)cc1Cl. The van der Waals surface area contributed by atoms with Crippen LogP contribution in [0.5, 0.6) is 0 Å². The van der Waals surface area contributed by atoms with Crippen LogP contribution < -0.4 is 5.32 Å². The topological polar surface area (TPSA) is 69.6 Å². The first-order valence-corrected chi connectivity index (χ1v) is 7.21. The lowest BCUT2D eigenvalue weighted by molar-refractivity contribution is -0.141. The summed E-state index contributed by atoms with van der Waals surface area (Å²) in [7, 11) is 0. The van der Waals surface area contributed by atoms with Gasteiger partial charge in [0.25, 0.3) is 0 Å². The molecule has 8 heteroatoms. The first kappa shape index (κ1) is 14.9. The number of benzene rings is 1. The molecule has 2 atom stereocenters. The highest BCUT2D eigenvalue weighted by Gasteiger charge is 2.39. The van der Waals surface area contributed by atoms with Crippen molar-refractivity contribution in [1.29, 1.82) is 0 Å². The number of amides is 2. The molecule has 5 nitrogen and oxygen atoms in total. The molecule has 0 radical (unpaired) electrons. The normalized spacial score (nSPS) is 21.9. The molecule has 20 heavy (non-hydrogen) atoms. The first-order valence-electron chi connectivity index (χ1n) is 5.79. The number of hydrogen-bond donors (Lipinski definition) is 2. The Balaban J connectivity index is 2.16. The molecule has 1 aromatic carbocycles. The molecule has 1 saturated heterocycles. The third-order valence-electron chi connectivity index (χ3n) is 2.92. The van der Waals surface area contributed by atoms with Crippen LogP contribution in [-0.2, 0) is 4.79 Å². The Hall–Kier alpha value is -1.47. The molecular formula is C12H12ClFN2O3S. The number of thioether (sulfide) groups is 1. The minimum atomic E-state index is -1.05. The second kappa shape index (κ2) is 5.88. The smallest absolute Gasteiger partial charge is 0.327 e. The second-order valence-corrected chi connectivity index (χ2v) is 6.00. The second-order valence-electron chi connectivity index (χ2n) is 4.25. The summed E-state index contributed by atoms with van der Waals surface area (Å²) in [6, 6.07) is 2.13. The minimum absolute atomic E-state index is 0.0599. The number of carboxylic acids is 1. The molecule has 1 aliphatic rings. The summed E-state index contributed by atoms with van der Waals surface area (Å²) >= 11 is 7.20. The van der Waals surface area contributed by atoms with Gasteiger partial charge in [-0.3, -0.25) is 4.90 Å². The lowest BCUT2D eigenvalue weighted by atomic mass is 10.3. The van der Waals surface area contributed by atoms with Crippen LogP contribution in [0, 0.1) is 5.82 Å². The zero-order valence-corrected chi connectivity index (χ0v) is 12.0. The van der Waals surface area contributed by atoms with E-state index in [1.807, 2.05) is 0 Å². The Morgan fingerprint density at radius 2 is 2.25 bits per heavy atom. The van der Waals surface area contributed by atoms with Crippen LogP contribution in [0.3, 0.4) is 0 Å². The van der Waals surface area contributed by atoms with E-state index in [1.165, 1.54) is 28.8 Å². The highest BCUT2D eigenvalue weighted by molar-refractivity contribution is 8.00. The maximum atomic E-state index is 12.9. The van der Waals surface area contributed by atoms with Crippen LogP contribution in [0.15, 0.2) is 18.2 Å². The zero-order chi connectivity index (χ0) is 14.9. The van der Waals surface area contributed by atoms with Gasteiger partial charge in [0.15, 0.2) is 0 Å². The number of halogens is 2. The molecule has 0 spiro atoms. The lowest BCUT2D eigenvalue weighted by Gasteiger charge is -2.25. The fraction of sp³-hybridized carbons (Fsp3) is 0.333. The van der Waals surface area contributed by atoms with Gasteiger partial charge in [-0.25, -0.2) is 14.0 Å². The minimum Gasteiger partial charge on any atom is -0.480 e. The third-order valence-corrected chi connectivity index (χ3v) is 4.45. The quantitative estimate of drug-likeness (QED) is 0.879. The van der Waals surface area contributed by atoms with Crippen LogP contribution in [0.1, 0.15) is 6.92 Å². The first-order chi connectivity index (χ1) is 9.40. The summed E-state index contributed by atoms with van der Waals surface area (Å²) in [5.41, 5.74) is 0.242. The van der Waals surface area contributed by atoms with Crippen LogP contribution in [0.4, 0.5) is 14.9 Å². The van der Waals surface area contributed by atoms with Gasteiger partial charge < -0.3 is 10.4 Å². The standard InChI is InChI=1S/C12H12ClFN2O3S/c1-6-16(10(5-20-6)11(17)18)12(19)15-9-3-2-7(14)4-8(9)13/h2-4,6,10H,5H2,1H3,(H,15,19)(H,17,18). The van der Waals surface area contributed by atoms with E-state index in [1.54, 1.807) is 6.92 Å². The van der Waals surface area contributed by atoms with Crippen molar-refractivity contribution in [1.82, 2.24) is 4.90 Å². The van der Waals surface area contributed by atoms with E-state index in [9.17, 15) is 14.0 Å². The fourth-order valence-corrected chi connectivity index (χ4v) is 3.29. The number of carbonyl (C=O) groups excluding carboxylic acids is 1. The maximum Gasteiger partial charge on any atom is 0.327 e. The molecule has 2 rings (SSSR count). The number of aliphatic carboxylic acids is 1. The Bertz CT molecular complexity index is 558. The van der Waals surface area contributed by atoms with Gasteiger partial charge in [-0.2, -0.15) is 0 Å². The van der Waals surface area contributed by atoms with Crippen molar-refractivity contribution in [2.75, 3.05) is 11.1 Å². The Kier molecular flexibility index (Phi) is 4.39. The monoisotopic (exact) mass is 318 g/mol. The van der Waals surface area contributed by atoms with Gasteiger partial charge in [0, 0.05) is 5.75 Å². The summed E-state index contributed by atoms with van der Waals surface area (Å²) < 4.78 is 12.9. The average Bonchev–Trinajstić information content (AvgIpc) is 2.75. The predicted octanol–water partition coefficient (Wildman–Crippen LogP) is 2.86. The molecule has 1 heterocycles. The molecular weight excluding hydrogens is 307 g/mol. The number of nitrogens with zero attached hydrogens (tertiary/aromatic N) is 1. The highest BCUT2D eigenvalue weighted by atomic mass is 35.5. The van der Waals surface area contributed by atoms with Gasteiger partial charge in [-0.15, -0.1) is 11.8 Å². The van der Waals surface area contributed by atoms with Gasteiger partial charge in [-0.1, -0.05) is 11.6 Å². The maximum absolute atomic E-state index is 12.9. The van der Waals surface area contributed by atoms with E-state index < -0.39 is 23.9 Å². The number of anilines is 1. The number of urea groups is 1. The molecule has 1 aromatic rings. The van der Waals surface area contributed by atoms with Gasteiger partial charge in [0.1, 0.15) is 11.9 Å². The van der Waals surface area contributed by atoms with Gasteiger partial charge in [0.05, 0.1) is 16.1 Å². The molecule has 2 unspecified atom stereocenters. The number of hydrogen-bond acceptors (Lipinski definition) is 3. The van der Waals surface area contributed by atoms with Crippen molar-refractivity contribution in [3.63, 3.8) is 0 Å². The predicted molar refractivity (Wildman–Crippen MR) is 75.6 cm³/mol. The Morgan fingerprint density at radius 3 is 2.85 bits per heavy atom. The van der Waals surface area contributed by atoms with E-state index in [4.69, 9.17) is 16.7 Å². The van der Waals surface area contributed by atoms with Crippen molar-refractivity contribution in [3.8, 4) is 0 Å². The van der Waals surface area contributed by atoms with E-state index in [2.05, 4.69) is 5.32 Å². The van der Waals surface area contributed by atoms with Crippen molar-refractivity contribution in [3.05, 3.63) is 29.0 Å². The van der Waals surface area contributed by atoms with Crippen molar-refractivity contribution in [2.45, 2.75) is 18.3 Å². The summed E-state index contributed by atoms with van der Waals surface area (Å²) in [6.45, 7) is 1.75. The number of carboxylic acid groups (broad SMARTS) is 1. The number of nitrogens with one attached hydrogen (secondary N) is 1. The fourth-order valence-electron chi connectivity index (χ4n) is 1.91. The van der Waals surface area contributed by atoms with Gasteiger partial charge in [0.2, 0.25) is 0 Å². The number of rotatable bonds is 2. The molecule has 2 amide bonds. The molecule has 0 aliphatic carbocycles. The largest absolute Gasteiger partial charge is 0.480 e. The third kappa shape index (κ3) is 2.99. The van der Waals surface area contributed by atoms with Gasteiger partial charge >= 0.3 is 12.0 Å². The zero-order valence-electron chi connectivity index (χ0n) is 10.5. The summed E-state index contributed by atoms with van der Waals surface area (Å²) in [5, 5.41) is 11.4.